The summed E-state index contributed by atoms with van der Waals surface area (Å²) >= 11 is 0. The Balaban J connectivity index is 0. The van der Waals surface area contributed by atoms with Gasteiger partial charge in [-0.15, -0.1) is 0 Å². The first-order valence-corrected chi connectivity index (χ1v) is 12.0. The Kier molecular flexibility index (Phi) is 17.4. The van der Waals surface area contributed by atoms with Crippen molar-refractivity contribution in [3.63, 3.8) is 0 Å². The molecule has 0 saturated heterocycles. The third kappa shape index (κ3) is 17.8. The average Bonchev–Trinajstić information content (AvgIpc) is 2.90. The van der Waals surface area contributed by atoms with Gasteiger partial charge in [-0.05, 0) is 62.4 Å². The van der Waals surface area contributed by atoms with E-state index in [9.17, 15) is 36.7 Å². The fraction of sp³-hybridized carbons (Fsp3) is 0.290. The monoisotopic (exact) mass is 628 g/mol. The molecule has 0 atom stereocenters. The summed E-state index contributed by atoms with van der Waals surface area (Å²) in [6, 6.07) is 11.2. The predicted octanol–water partition coefficient (Wildman–Crippen LogP) is 6.63. The minimum Gasteiger partial charge on any atom is -0.482 e. The van der Waals surface area contributed by atoms with Crippen molar-refractivity contribution in [1.82, 2.24) is 0 Å². The smallest absolute Gasteiger partial charge is 0.344 e. The van der Waals surface area contributed by atoms with Crippen molar-refractivity contribution in [1.29, 1.82) is 0 Å². The van der Waals surface area contributed by atoms with Crippen molar-refractivity contribution in [2.24, 2.45) is 0 Å². The van der Waals surface area contributed by atoms with E-state index in [1.54, 1.807) is 0 Å². The average molecular weight is 629 g/mol. The van der Waals surface area contributed by atoms with Crippen LogP contribution in [-0.4, -0.2) is 55.5 Å². The first-order valence-electron chi connectivity index (χ1n) is 12.0. The maximum atomic E-state index is 12.5. The summed E-state index contributed by atoms with van der Waals surface area (Å²) < 4.78 is 73.8. The van der Waals surface area contributed by atoms with E-state index in [2.05, 4.69) is 22.6 Å². The molecule has 0 aromatic heterocycles. The van der Waals surface area contributed by atoms with Gasteiger partial charge in [-0.25, -0.2) is 36.7 Å². The number of ether oxygens (including phenoxy) is 5. The molecular weight excluding hydrogens is 592 g/mol. The second kappa shape index (κ2) is 18.6. The van der Waals surface area contributed by atoms with Crippen LogP contribution >= 0.6 is 0 Å². The van der Waals surface area contributed by atoms with E-state index >= 15 is 0 Å². The van der Waals surface area contributed by atoms with Crippen LogP contribution in [0.4, 0.5) is 17.6 Å². The third-order valence-electron chi connectivity index (χ3n) is 4.33. The number of benzene rings is 2. The second-order valence-corrected chi connectivity index (χ2v) is 9.00. The molecule has 44 heavy (non-hydrogen) atoms. The molecule has 0 aliphatic rings. The largest absolute Gasteiger partial charge is 0.482 e. The van der Waals surface area contributed by atoms with E-state index in [4.69, 9.17) is 14.2 Å². The normalized spacial score (nSPS) is 10.3. The van der Waals surface area contributed by atoms with Crippen LogP contribution in [0.3, 0.4) is 0 Å². The molecule has 2 aromatic rings. The van der Waals surface area contributed by atoms with Gasteiger partial charge in [0.2, 0.25) is 0 Å². The Morgan fingerprint density at radius 2 is 1.02 bits per heavy atom. The Morgan fingerprint density at radius 3 is 1.41 bits per heavy atom. The fourth-order valence-corrected chi connectivity index (χ4v) is 2.32. The van der Waals surface area contributed by atoms with Crippen LogP contribution in [0.25, 0.3) is 0 Å². The van der Waals surface area contributed by atoms with Crippen LogP contribution in [0.1, 0.15) is 38.1 Å². The highest BCUT2D eigenvalue weighted by atomic mass is 19.3. The van der Waals surface area contributed by atoms with Crippen molar-refractivity contribution in [2.75, 3.05) is 19.8 Å². The molecule has 0 saturated carbocycles. The highest BCUT2D eigenvalue weighted by Crippen LogP contribution is 2.19. The van der Waals surface area contributed by atoms with Crippen molar-refractivity contribution < 1.29 is 60.4 Å². The van der Waals surface area contributed by atoms with Crippen LogP contribution in [0.5, 0.6) is 17.2 Å². The standard InChI is InChI=1S/C15H16F2O5.C14H14F2O4.2CH3/c1-10(2)14(19)22-12-6-4-11(5-7-12)20-8-13(18)21-9-15(3,16)17;1-9(2)12(17)20-11-6-4-10(5-7-11)13(18)19-8-14(3,15)16;;/h4-7H,1,8-9H2,2-3H3;4-7H,1,8H2,2-3H3;2*1H3/q;;2*+1. The minimum atomic E-state index is -3.08. The molecule has 0 unspecified atom stereocenters. The Hall–Kier alpha value is -4.94. The van der Waals surface area contributed by atoms with E-state index in [1.807, 2.05) is 0 Å². The number of alkyl halides is 4. The van der Waals surface area contributed by atoms with Gasteiger partial charge in [0, 0.05) is 39.8 Å². The minimum absolute atomic E-state index is 0. The van der Waals surface area contributed by atoms with E-state index in [1.165, 1.54) is 62.4 Å². The van der Waals surface area contributed by atoms with Gasteiger partial charge in [-0.2, -0.15) is 0 Å². The lowest BCUT2D eigenvalue weighted by atomic mass is 10.2. The zero-order chi connectivity index (χ0) is 32.1. The third-order valence-corrected chi connectivity index (χ3v) is 4.33. The molecule has 2 rings (SSSR count). The van der Waals surface area contributed by atoms with Gasteiger partial charge in [-0.3, -0.25) is 0 Å². The Bertz CT molecular complexity index is 1260. The number of hydrogen-bond donors (Lipinski definition) is 0. The molecular formula is C31H36F4O9+2. The van der Waals surface area contributed by atoms with Crippen LogP contribution in [0.2, 0.25) is 0 Å². The van der Waals surface area contributed by atoms with E-state index < -0.39 is 55.5 Å². The molecule has 9 nitrogen and oxygen atoms in total. The summed E-state index contributed by atoms with van der Waals surface area (Å²) in [6.45, 7) is 8.71. The van der Waals surface area contributed by atoms with Gasteiger partial charge in [0.15, 0.2) is 19.8 Å². The molecule has 0 aliphatic heterocycles. The molecule has 0 heterocycles. The van der Waals surface area contributed by atoms with Crippen LogP contribution in [0.15, 0.2) is 72.8 Å². The first kappa shape index (κ1) is 41.2. The molecule has 0 bridgehead atoms. The lowest BCUT2D eigenvalue weighted by Gasteiger charge is -2.11. The SMILES string of the molecule is C=C(C)C(=O)Oc1ccc(C(=O)OCC(C)(F)F)cc1.C=C(C)C(=O)Oc1ccc(OCC(=O)OCC(C)(F)F)cc1.[CH3+].[CH3+]. The Morgan fingerprint density at radius 1 is 0.659 bits per heavy atom. The zero-order valence-electron chi connectivity index (χ0n) is 25.3. The van der Waals surface area contributed by atoms with Gasteiger partial charge in [0.25, 0.3) is 11.8 Å². The van der Waals surface area contributed by atoms with Gasteiger partial charge in [0.05, 0.1) is 5.56 Å². The zero-order valence-corrected chi connectivity index (χ0v) is 25.3. The van der Waals surface area contributed by atoms with Crippen LogP contribution in [0, 0.1) is 14.9 Å². The van der Waals surface area contributed by atoms with E-state index in [0.717, 1.165) is 0 Å². The predicted molar refractivity (Wildman–Crippen MR) is 155 cm³/mol. The fourth-order valence-electron chi connectivity index (χ4n) is 2.32. The van der Waals surface area contributed by atoms with Crippen LogP contribution < -0.4 is 14.2 Å². The van der Waals surface area contributed by atoms with Gasteiger partial charge < -0.3 is 23.7 Å². The highest BCUT2D eigenvalue weighted by Gasteiger charge is 2.24. The number of esters is 4. The molecule has 2 aromatic carbocycles. The molecule has 13 heteroatoms. The van der Waals surface area contributed by atoms with E-state index in [-0.39, 0.29) is 43.1 Å². The van der Waals surface area contributed by atoms with Crippen molar-refractivity contribution >= 4 is 23.9 Å². The summed E-state index contributed by atoms with van der Waals surface area (Å²) in [6.07, 6.45) is 0. The summed E-state index contributed by atoms with van der Waals surface area (Å²) in [5.41, 5.74) is 0.582. The number of carbonyl (C=O) groups is 4. The summed E-state index contributed by atoms with van der Waals surface area (Å²) in [7, 11) is 0. The number of halogens is 4. The molecule has 0 radical (unpaired) electrons. The van der Waals surface area contributed by atoms with Crippen LogP contribution in [-0.2, 0) is 23.9 Å². The molecule has 0 fully saturated rings. The molecule has 0 N–H and O–H groups in total. The van der Waals surface area contributed by atoms with Crippen molar-refractivity contribution in [3.05, 3.63) is 93.3 Å². The first-order chi connectivity index (χ1) is 19.4. The second-order valence-electron chi connectivity index (χ2n) is 9.00. The topological polar surface area (TPSA) is 114 Å². The molecule has 0 aliphatic carbocycles. The molecule has 240 valence electrons. The van der Waals surface area contributed by atoms with Crippen molar-refractivity contribution in [2.45, 2.75) is 39.5 Å². The van der Waals surface area contributed by atoms with Gasteiger partial charge in [0.1, 0.15) is 17.2 Å². The maximum Gasteiger partial charge on any atom is 0.344 e. The quantitative estimate of drug-likeness (QED) is 0.0840. The number of hydrogen-bond acceptors (Lipinski definition) is 9. The van der Waals surface area contributed by atoms with Gasteiger partial charge in [-0.1, -0.05) is 13.2 Å². The maximum absolute atomic E-state index is 12.5. The number of rotatable bonds is 12. The number of carbonyl (C=O) groups excluding carboxylic acids is 4. The van der Waals surface area contributed by atoms with E-state index in [0.29, 0.717) is 19.6 Å². The lowest BCUT2D eigenvalue weighted by Crippen LogP contribution is -2.24. The molecule has 0 amide bonds. The Labute approximate surface area is 254 Å². The van der Waals surface area contributed by atoms with Gasteiger partial charge >= 0.3 is 23.9 Å². The van der Waals surface area contributed by atoms with Crippen molar-refractivity contribution in [3.8, 4) is 17.2 Å². The lowest BCUT2D eigenvalue weighted by molar-refractivity contribution is -0.155. The summed E-state index contributed by atoms with van der Waals surface area (Å²) in [4.78, 5) is 45.2. The summed E-state index contributed by atoms with van der Waals surface area (Å²) in [5, 5.41) is 0. The summed E-state index contributed by atoms with van der Waals surface area (Å²) in [5.74, 6) is -8.27. The highest BCUT2D eigenvalue weighted by molar-refractivity contribution is 5.91. The molecule has 0 spiro atoms.